The van der Waals surface area contributed by atoms with Gasteiger partial charge in [0.1, 0.15) is 11.6 Å². The minimum atomic E-state index is -0.672. The first-order valence-corrected chi connectivity index (χ1v) is 6.60. The second kappa shape index (κ2) is 5.63. The Hall–Kier alpha value is -1.53. The molecule has 3 N–H and O–H groups in total. The zero-order chi connectivity index (χ0) is 14.0. The predicted molar refractivity (Wildman–Crippen MR) is 77.0 cm³/mol. The van der Waals surface area contributed by atoms with E-state index in [2.05, 4.69) is 21.0 Å². The molecule has 0 radical (unpaired) electrons. The van der Waals surface area contributed by atoms with Gasteiger partial charge >= 0.3 is 0 Å². The lowest BCUT2D eigenvalue weighted by Gasteiger charge is -2.11. The molecule has 0 aliphatic heterocycles. The van der Waals surface area contributed by atoms with Crippen LogP contribution >= 0.6 is 15.9 Å². The van der Waals surface area contributed by atoms with Crippen molar-refractivity contribution in [3.05, 3.63) is 40.0 Å². The Morgan fingerprint density at radius 2 is 2.26 bits per heavy atom. The van der Waals surface area contributed by atoms with Gasteiger partial charge in [0.2, 0.25) is 0 Å². The van der Waals surface area contributed by atoms with Crippen LogP contribution in [0.1, 0.15) is 17.2 Å². The summed E-state index contributed by atoms with van der Waals surface area (Å²) in [7, 11) is 3.36. The summed E-state index contributed by atoms with van der Waals surface area (Å²) in [4.78, 5) is 0. The third-order valence-corrected chi connectivity index (χ3v) is 3.64. The van der Waals surface area contributed by atoms with Gasteiger partial charge in [-0.25, -0.2) is 0 Å². The first-order valence-electron chi connectivity index (χ1n) is 5.80. The Kier molecular flexibility index (Phi) is 4.11. The maximum atomic E-state index is 10.2. The topological polar surface area (TPSA) is 73.3 Å². The summed E-state index contributed by atoms with van der Waals surface area (Å²) in [6.07, 6.45) is 1.39. The van der Waals surface area contributed by atoms with Crippen LogP contribution in [-0.4, -0.2) is 22.0 Å². The van der Waals surface area contributed by atoms with E-state index in [-0.39, 0.29) is 0 Å². The normalized spacial score (nSPS) is 12.4. The number of hydrogen-bond acceptors (Lipinski definition) is 4. The summed E-state index contributed by atoms with van der Waals surface area (Å²) in [6.45, 7) is 0. The van der Waals surface area contributed by atoms with E-state index in [9.17, 15) is 5.11 Å². The zero-order valence-electron chi connectivity index (χ0n) is 10.8. The van der Waals surface area contributed by atoms with E-state index in [1.54, 1.807) is 25.0 Å². The first-order chi connectivity index (χ1) is 9.02. The van der Waals surface area contributed by atoms with E-state index in [1.165, 1.54) is 0 Å². The van der Waals surface area contributed by atoms with E-state index in [1.807, 2.05) is 18.2 Å². The summed E-state index contributed by atoms with van der Waals surface area (Å²) >= 11 is 3.42. The van der Waals surface area contributed by atoms with E-state index in [4.69, 9.17) is 10.5 Å². The van der Waals surface area contributed by atoms with Crippen LogP contribution in [-0.2, 0) is 13.5 Å². The van der Waals surface area contributed by atoms with E-state index in [0.717, 1.165) is 15.8 Å². The van der Waals surface area contributed by atoms with Crippen molar-refractivity contribution >= 4 is 21.7 Å². The Labute approximate surface area is 120 Å². The molecule has 0 amide bonds. The number of nitrogens with two attached hydrogens (primary N) is 1. The Morgan fingerprint density at radius 1 is 1.53 bits per heavy atom. The van der Waals surface area contributed by atoms with Crippen molar-refractivity contribution in [3.8, 4) is 5.75 Å². The van der Waals surface area contributed by atoms with Crippen molar-refractivity contribution < 1.29 is 9.84 Å². The summed E-state index contributed by atoms with van der Waals surface area (Å²) in [5.74, 6) is 1.25. The highest BCUT2D eigenvalue weighted by molar-refractivity contribution is 9.10. The van der Waals surface area contributed by atoms with Crippen molar-refractivity contribution in [1.29, 1.82) is 0 Å². The van der Waals surface area contributed by atoms with Gasteiger partial charge in [0.05, 0.1) is 23.9 Å². The average Bonchev–Trinajstić information content (AvgIpc) is 2.70. The number of aryl methyl sites for hydroxylation is 1. The Bertz CT molecular complexity index is 583. The predicted octanol–water partition coefficient (Wildman–Crippen LogP) is 2.05. The Balaban J connectivity index is 2.17. The van der Waals surface area contributed by atoms with E-state index in [0.29, 0.717) is 17.8 Å². The lowest BCUT2D eigenvalue weighted by atomic mass is 10.0. The van der Waals surface area contributed by atoms with Crippen LogP contribution in [0.3, 0.4) is 0 Å². The molecule has 0 bridgehead atoms. The third kappa shape index (κ3) is 2.90. The van der Waals surface area contributed by atoms with Crippen molar-refractivity contribution in [2.24, 2.45) is 7.05 Å². The summed E-state index contributed by atoms with van der Waals surface area (Å²) in [6, 6.07) is 5.70. The molecule has 6 heteroatoms. The van der Waals surface area contributed by atoms with Crippen molar-refractivity contribution in [2.75, 3.05) is 12.8 Å². The van der Waals surface area contributed by atoms with Crippen LogP contribution in [0.15, 0.2) is 28.9 Å². The molecule has 2 aromatic rings. The molecule has 2 rings (SSSR count). The number of ether oxygens (including phenoxy) is 1. The number of aromatic nitrogens is 2. The molecule has 1 aromatic carbocycles. The highest BCUT2D eigenvalue weighted by atomic mass is 79.9. The van der Waals surface area contributed by atoms with Crippen LogP contribution in [0.2, 0.25) is 0 Å². The van der Waals surface area contributed by atoms with Crippen molar-refractivity contribution in [1.82, 2.24) is 9.78 Å². The molecule has 0 aliphatic carbocycles. The number of anilines is 1. The van der Waals surface area contributed by atoms with Crippen LogP contribution in [0.5, 0.6) is 5.75 Å². The fraction of sp³-hybridized carbons (Fsp3) is 0.308. The van der Waals surface area contributed by atoms with Gasteiger partial charge in [-0.15, -0.1) is 0 Å². The molecule has 0 fully saturated rings. The largest absolute Gasteiger partial charge is 0.496 e. The number of aliphatic hydroxyl groups is 1. The number of nitrogen functional groups attached to an aromatic ring is 1. The van der Waals surface area contributed by atoms with Gasteiger partial charge in [-0.1, -0.05) is 6.07 Å². The molecular weight excluding hydrogens is 310 g/mol. The number of aliphatic hydroxyl groups excluding tert-OH is 1. The SMILES string of the molecule is COc1ccc(CC(O)c2cnn(C)c2N)cc1Br. The molecular formula is C13H16BrN3O2. The van der Waals surface area contributed by atoms with Gasteiger partial charge in [-0.05, 0) is 33.6 Å². The van der Waals surface area contributed by atoms with Gasteiger partial charge < -0.3 is 15.6 Å². The minimum Gasteiger partial charge on any atom is -0.496 e. The lowest BCUT2D eigenvalue weighted by Crippen LogP contribution is -2.06. The summed E-state index contributed by atoms with van der Waals surface area (Å²) in [5.41, 5.74) is 7.48. The smallest absolute Gasteiger partial charge is 0.133 e. The quantitative estimate of drug-likeness (QED) is 0.902. The number of hydrogen-bond donors (Lipinski definition) is 2. The molecule has 19 heavy (non-hydrogen) atoms. The highest BCUT2D eigenvalue weighted by Gasteiger charge is 2.15. The standard InChI is InChI=1S/C13H16BrN3O2/c1-17-13(15)9(7-16-17)11(18)6-8-3-4-12(19-2)10(14)5-8/h3-5,7,11,18H,6,15H2,1-2H3. The second-order valence-corrected chi connectivity index (χ2v) is 5.15. The van der Waals surface area contributed by atoms with Crippen LogP contribution < -0.4 is 10.5 Å². The van der Waals surface area contributed by atoms with Gasteiger partial charge in [0.15, 0.2) is 0 Å². The lowest BCUT2D eigenvalue weighted by molar-refractivity contribution is 0.179. The van der Waals surface area contributed by atoms with E-state index >= 15 is 0 Å². The summed E-state index contributed by atoms with van der Waals surface area (Å²) in [5, 5.41) is 14.2. The van der Waals surface area contributed by atoms with E-state index < -0.39 is 6.10 Å². The van der Waals surface area contributed by atoms with Gasteiger partial charge in [0.25, 0.3) is 0 Å². The molecule has 102 valence electrons. The van der Waals surface area contributed by atoms with Gasteiger partial charge in [-0.3, -0.25) is 4.68 Å². The summed E-state index contributed by atoms with van der Waals surface area (Å²) < 4.78 is 7.57. The molecule has 1 unspecified atom stereocenters. The molecule has 5 nitrogen and oxygen atoms in total. The number of benzene rings is 1. The molecule has 0 spiro atoms. The molecule has 1 heterocycles. The third-order valence-electron chi connectivity index (χ3n) is 3.02. The number of nitrogens with zero attached hydrogens (tertiary/aromatic N) is 2. The van der Waals surface area contributed by atoms with Gasteiger partial charge in [-0.2, -0.15) is 5.10 Å². The van der Waals surface area contributed by atoms with Crippen LogP contribution in [0.25, 0.3) is 0 Å². The highest BCUT2D eigenvalue weighted by Crippen LogP contribution is 2.28. The second-order valence-electron chi connectivity index (χ2n) is 4.30. The molecule has 0 aliphatic rings. The number of methoxy groups -OCH3 is 1. The Morgan fingerprint density at radius 3 is 2.79 bits per heavy atom. The average molecular weight is 326 g/mol. The van der Waals surface area contributed by atoms with Gasteiger partial charge in [0, 0.05) is 19.0 Å². The maximum absolute atomic E-state index is 10.2. The van der Waals surface area contributed by atoms with Crippen molar-refractivity contribution in [2.45, 2.75) is 12.5 Å². The van der Waals surface area contributed by atoms with Crippen molar-refractivity contribution in [3.63, 3.8) is 0 Å². The number of halogens is 1. The molecule has 0 saturated carbocycles. The minimum absolute atomic E-state index is 0.471. The number of rotatable bonds is 4. The van der Waals surface area contributed by atoms with Crippen LogP contribution in [0, 0.1) is 0 Å². The fourth-order valence-electron chi connectivity index (χ4n) is 1.89. The monoisotopic (exact) mass is 325 g/mol. The molecule has 1 atom stereocenters. The molecule has 1 aromatic heterocycles. The maximum Gasteiger partial charge on any atom is 0.133 e. The fourth-order valence-corrected chi connectivity index (χ4v) is 2.48. The molecule has 0 saturated heterocycles. The first kappa shape index (κ1) is 13.9. The van der Waals surface area contributed by atoms with Crippen LogP contribution in [0.4, 0.5) is 5.82 Å². The zero-order valence-corrected chi connectivity index (χ0v) is 12.4.